The third kappa shape index (κ3) is 4.25. The van der Waals surface area contributed by atoms with E-state index in [1.807, 2.05) is 13.0 Å². The van der Waals surface area contributed by atoms with Gasteiger partial charge in [-0.25, -0.2) is 9.97 Å². The molecule has 0 atom stereocenters. The van der Waals surface area contributed by atoms with E-state index in [1.54, 1.807) is 25.2 Å². The van der Waals surface area contributed by atoms with Crippen molar-refractivity contribution < 1.29 is 9.53 Å². The largest absolute Gasteiger partial charge is 0.463 e. The molecule has 5 heteroatoms. The summed E-state index contributed by atoms with van der Waals surface area (Å²) in [6.07, 6.45) is 2.82. The van der Waals surface area contributed by atoms with Crippen molar-refractivity contribution in [2.24, 2.45) is 0 Å². The quantitative estimate of drug-likeness (QED) is 0.700. The third-order valence-electron chi connectivity index (χ3n) is 2.04. The minimum absolute atomic E-state index is 0.105. The van der Waals surface area contributed by atoms with Gasteiger partial charge in [0, 0.05) is 32.4 Å². The Hall–Kier alpha value is -1.65. The summed E-state index contributed by atoms with van der Waals surface area (Å²) in [4.78, 5) is 20.9. The summed E-state index contributed by atoms with van der Waals surface area (Å²) in [5, 5.41) is 0. The Morgan fingerprint density at radius 1 is 1.50 bits per heavy atom. The number of rotatable bonds is 5. The van der Waals surface area contributed by atoms with Crippen LogP contribution in [0.4, 0.5) is 0 Å². The van der Waals surface area contributed by atoms with Crippen molar-refractivity contribution in [1.29, 1.82) is 0 Å². The molecule has 1 aromatic rings. The van der Waals surface area contributed by atoms with Gasteiger partial charge >= 0.3 is 6.01 Å². The number of hydrogen-bond donors (Lipinski definition) is 0. The number of nitrogens with zero attached hydrogens (tertiary/aromatic N) is 3. The van der Waals surface area contributed by atoms with Gasteiger partial charge in [0.25, 0.3) is 0 Å². The lowest BCUT2D eigenvalue weighted by atomic mass is 10.3. The van der Waals surface area contributed by atoms with E-state index in [4.69, 9.17) is 4.74 Å². The molecule has 88 valence electrons. The summed E-state index contributed by atoms with van der Waals surface area (Å²) < 4.78 is 5.32. The van der Waals surface area contributed by atoms with Crippen LogP contribution in [0.3, 0.4) is 0 Å². The highest BCUT2D eigenvalue weighted by atomic mass is 16.5. The molecular formula is C11H17N3O2. The number of amides is 1. The number of carbonyl (C=O) groups is 1. The van der Waals surface area contributed by atoms with Crippen molar-refractivity contribution in [1.82, 2.24) is 14.9 Å². The lowest BCUT2D eigenvalue weighted by Crippen LogP contribution is -2.21. The fourth-order valence-corrected chi connectivity index (χ4v) is 1.11. The van der Waals surface area contributed by atoms with E-state index in [-0.39, 0.29) is 5.91 Å². The van der Waals surface area contributed by atoms with Crippen LogP contribution in [-0.2, 0) is 4.79 Å². The van der Waals surface area contributed by atoms with E-state index < -0.39 is 0 Å². The lowest BCUT2D eigenvalue weighted by Gasteiger charge is -2.09. The second-order valence-corrected chi connectivity index (χ2v) is 3.72. The summed E-state index contributed by atoms with van der Waals surface area (Å²) in [5.74, 6) is 0.105. The van der Waals surface area contributed by atoms with Gasteiger partial charge in [0.05, 0.1) is 6.61 Å². The zero-order valence-electron chi connectivity index (χ0n) is 9.93. The highest BCUT2D eigenvalue weighted by molar-refractivity contribution is 5.75. The summed E-state index contributed by atoms with van der Waals surface area (Å²) in [6.45, 7) is 2.34. The lowest BCUT2D eigenvalue weighted by molar-refractivity contribution is -0.128. The van der Waals surface area contributed by atoms with Gasteiger partial charge in [-0.1, -0.05) is 0 Å². The number of aromatic nitrogens is 2. The number of carbonyl (C=O) groups excluding carboxylic acids is 1. The Balaban J connectivity index is 2.23. The Morgan fingerprint density at radius 3 is 2.88 bits per heavy atom. The van der Waals surface area contributed by atoms with Crippen LogP contribution in [0.2, 0.25) is 0 Å². The third-order valence-corrected chi connectivity index (χ3v) is 2.04. The minimum Gasteiger partial charge on any atom is -0.463 e. The molecule has 0 saturated carbocycles. The van der Waals surface area contributed by atoms with Gasteiger partial charge in [0.1, 0.15) is 0 Å². The van der Waals surface area contributed by atoms with Gasteiger partial charge < -0.3 is 9.64 Å². The molecule has 0 saturated heterocycles. The highest BCUT2D eigenvalue weighted by Crippen LogP contribution is 2.03. The second kappa shape index (κ2) is 6.05. The van der Waals surface area contributed by atoms with Crippen LogP contribution in [0.15, 0.2) is 12.3 Å². The maximum Gasteiger partial charge on any atom is 0.316 e. The topological polar surface area (TPSA) is 55.3 Å². The molecule has 0 aromatic carbocycles. The van der Waals surface area contributed by atoms with Crippen molar-refractivity contribution in [3.8, 4) is 6.01 Å². The average molecular weight is 223 g/mol. The van der Waals surface area contributed by atoms with Crippen LogP contribution in [0.25, 0.3) is 0 Å². The molecule has 1 rings (SSSR count). The van der Waals surface area contributed by atoms with E-state index >= 15 is 0 Å². The van der Waals surface area contributed by atoms with Crippen LogP contribution >= 0.6 is 0 Å². The van der Waals surface area contributed by atoms with E-state index in [2.05, 4.69) is 9.97 Å². The molecule has 0 bridgehead atoms. The molecule has 0 aliphatic heterocycles. The number of aryl methyl sites for hydroxylation is 1. The summed E-state index contributed by atoms with van der Waals surface area (Å²) in [5.41, 5.74) is 0.870. The van der Waals surface area contributed by atoms with Crippen molar-refractivity contribution in [3.05, 3.63) is 18.0 Å². The van der Waals surface area contributed by atoms with Crippen molar-refractivity contribution >= 4 is 5.91 Å². The molecule has 0 aliphatic carbocycles. The fourth-order valence-electron chi connectivity index (χ4n) is 1.11. The van der Waals surface area contributed by atoms with Crippen LogP contribution in [-0.4, -0.2) is 41.5 Å². The molecule has 1 amide bonds. The molecular weight excluding hydrogens is 206 g/mol. The predicted molar refractivity (Wildman–Crippen MR) is 60.2 cm³/mol. The molecule has 0 fully saturated rings. The highest BCUT2D eigenvalue weighted by Gasteiger charge is 2.03. The normalized spacial score (nSPS) is 9.94. The van der Waals surface area contributed by atoms with Gasteiger partial charge in [-0.2, -0.15) is 0 Å². The SMILES string of the molecule is Cc1ccnc(OCCCC(=O)N(C)C)n1. The Bertz CT molecular complexity index is 353. The molecule has 0 radical (unpaired) electrons. The van der Waals surface area contributed by atoms with E-state index in [0.717, 1.165) is 5.69 Å². The number of hydrogen-bond acceptors (Lipinski definition) is 4. The smallest absolute Gasteiger partial charge is 0.316 e. The first-order valence-electron chi connectivity index (χ1n) is 5.22. The molecule has 0 N–H and O–H groups in total. The summed E-state index contributed by atoms with van der Waals surface area (Å²) in [6, 6.07) is 2.18. The first-order chi connectivity index (χ1) is 7.59. The predicted octanol–water partition coefficient (Wildman–Crippen LogP) is 1.03. The molecule has 0 spiro atoms. The van der Waals surface area contributed by atoms with Gasteiger partial charge in [0.15, 0.2) is 0 Å². The first kappa shape index (κ1) is 12.4. The van der Waals surface area contributed by atoms with Crippen LogP contribution in [0.1, 0.15) is 18.5 Å². The van der Waals surface area contributed by atoms with Crippen molar-refractivity contribution in [3.63, 3.8) is 0 Å². The maximum absolute atomic E-state index is 11.2. The molecule has 1 heterocycles. The minimum atomic E-state index is 0.105. The van der Waals surface area contributed by atoms with Crippen molar-refractivity contribution in [2.45, 2.75) is 19.8 Å². The summed E-state index contributed by atoms with van der Waals surface area (Å²) >= 11 is 0. The Morgan fingerprint density at radius 2 is 2.25 bits per heavy atom. The second-order valence-electron chi connectivity index (χ2n) is 3.72. The van der Waals surface area contributed by atoms with Gasteiger partial charge in [-0.05, 0) is 19.4 Å². The monoisotopic (exact) mass is 223 g/mol. The summed E-state index contributed by atoms with van der Waals surface area (Å²) in [7, 11) is 3.49. The average Bonchev–Trinajstić information content (AvgIpc) is 2.24. The Kier molecular flexibility index (Phi) is 4.69. The van der Waals surface area contributed by atoms with Gasteiger partial charge in [0.2, 0.25) is 5.91 Å². The molecule has 16 heavy (non-hydrogen) atoms. The molecule has 5 nitrogen and oxygen atoms in total. The standard InChI is InChI=1S/C11H17N3O2/c1-9-6-7-12-11(13-9)16-8-4-5-10(15)14(2)3/h6-7H,4-5,8H2,1-3H3. The van der Waals surface area contributed by atoms with E-state index in [9.17, 15) is 4.79 Å². The molecule has 1 aromatic heterocycles. The molecule has 0 unspecified atom stereocenters. The fraction of sp³-hybridized carbons (Fsp3) is 0.545. The van der Waals surface area contributed by atoms with E-state index in [1.165, 1.54) is 0 Å². The van der Waals surface area contributed by atoms with Crippen LogP contribution in [0.5, 0.6) is 6.01 Å². The zero-order valence-corrected chi connectivity index (χ0v) is 9.93. The zero-order chi connectivity index (χ0) is 12.0. The van der Waals surface area contributed by atoms with Crippen molar-refractivity contribution in [2.75, 3.05) is 20.7 Å². The van der Waals surface area contributed by atoms with Gasteiger partial charge in [-0.15, -0.1) is 0 Å². The number of ether oxygens (including phenoxy) is 1. The first-order valence-corrected chi connectivity index (χ1v) is 5.22. The maximum atomic E-state index is 11.2. The van der Waals surface area contributed by atoms with Crippen LogP contribution < -0.4 is 4.74 Å². The Labute approximate surface area is 95.5 Å². The van der Waals surface area contributed by atoms with E-state index in [0.29, 0.717) is 25.5 Å². The van der Waals surface area contributed by atoms with Gasteiger partial charge in [-0.3, -0.25) is 4.79 Å². The van der Waals surface area contributed by atoms with Crippen LogP contribution in [0, 0.1) is 6.92 Å². The molecule has 0 aliphatic rings.